The van der Waals surface area contributed by atoms with Gasteiger partial charge in [-0.3, -0.25) is 0 Å². The van der Waals surface area contributed by atoms with Crippen LogP contribution in [0.2, 0.25) is 0 Å². The van der Waals surface area contributed by atoms with Gasteiger partial charge in [0.15, 0.2) is 0 Å². The van der Waals surface area contributed by atoms with Crippen molar-refractivity contribution in [3.8, 4) is 0 Å². The molecule has 0 saturated carbocycles. The smallest absolute Gasteiger partial charge is 0.129 e. The van der Waals surface area contributed by atoms with E-state index in [0.29, 0.717) is 18.1 Å². The summed E-state index contributed by atoms with van der Waals surface area (Å²) in [6, 6.07) is 3.54. The highest BCUT2D eigenvalue weighted by Crippen LogP contribution is 2.36. The van der Waals surface area contributed by atoms with Crippen LogP contribution in [0.3, 0.4) is 0 Å². The lowest BCUT2D eigenvalue weighted by Crippen LogP contribution is -2.26. The molecular weight excluding hydrogens is 210 g/mol. The van der Waals surface area contributed by atoms with Crippen molar-refractivity contribution in [1.29, 1.82) is 0 Å². The van der Waals surface area contributed by atoms with Gasteiger partial charge in [0.1, 0.15) is 11.6 Å². The summed E-state index contributed by atoms with van der Waals surface area (Å²) in [5.74, 6) is -0.0819. The Morgan fingerprint density at radius 2 is 2.00 bits per heavy atom. The molecule has 16 heavy (non-hydrogen) atoms. The van der Waals surface area contributed by atoms with Gasteiger partial charge in [0.2, 0.25) is 0 Å². The molecule has 1 aromatic carbocycles. The maximum atomic E-state index is 13.6. The van der Waals surface area contributed by atoms with Gasteiger partial charge in [-0.2, -0.15) is 0 Å². The summed E-state index contributed by atoms with van der Waals surface area (Å²) in [6.45, 7) is 4.74. The molecular formula is C13H16F2O. The van der Waals surface area contributed by atoms with Gasteiger partial charge >= 0.3 is 0 Å². The number of hydrogen-bond acceptors (Lipinski definition) is 1. The first-order valence-electron chi connectivity index (χ1n) is 5.64. The molecule has 3 heteroatoms. The molecule has 1 unspecified atom stereocenters. The fraction of sp³-hybridized carbons (Fsp3) is 0.538. The topological polar surface area (TPSA) is 9.23 Å². The summed E-state index contributed by atoms with van der Waals surface area (Å²) < 4.78 is 32.3. The zero-order valence-corrected chi connectivity index (χ0v) is 9.54. The van der Waals surface area contributed by atoms with E-state index in [4.69, 9.17) is 4.74 Å². The molecule has 0 bridgehead atoms. The molecule has 0 N–H and O–H groups in total. The summed E-state index contributed by atoms with van der Waals surface area (Å²) in [4.78, 5) is 0. The first kappa shape index (κ1) is 11.5. The zero-order valence-electron chi connectivity index (χ0n) is 9.54. The van der Waals surface area contributed by atoms with Gasteiger partial charge in [0.25, 0.3) is 0 Å². The van der Waals surface area contributed by atoms with E-state index in [9.17, 15) is 8.78 Å². The van der Waals surface area contributed by atoms with Crippen molar-refractivity contribution in [2.45, 2.75) is 26.4 Å². The molecule has 1 fully saturated rings. The minimum Gasteiger partial charge on any atom is -0.373 e. The SMILES string of the molecule is CC1CO[C@H](c2cc(F)ccc2F)[C@@H](C)C1. The van der Waals surface area contributed by atoms with Crippen molar-refractivity contribution in [3.63, 3.8) is 0 Å². The largest absolute Gasteiger partial charge is 0.373 e. The lowest BCUT2D eigenvalue weighted by Gasteiger charge is -2.33. The fourth-order valence-corrected chi connectivity index (χ4v) is 2.39. The number of hydrogen-bond donors (Lipinski definition) is 0. The van der Waals surface area contributed by atoms with Gasteiger partial charge in [0.05, 0.1) is 6.10 Å². The quantitative estimate of drug-likeness (QED) is 0.709. The van der Waals surface area contributed by atoms with Crippen LogP contribution in [0.4, 0.5) is 8.78 Å². The van der Waals surface area contributed by atoms with Crippen molar-refractivity contribution in [2.75, 3.05) is 6.61 Å². The van der Waals surface area contributed by atoms with Crippen molar-refractivity contribution in [2.24, 2.45) is 11.8 Å². The summed E-state index contributed by atoms with van der Waals surface area (Å²) >= 11 is 0. The molecule has 0 aliphatic carbocycles. The van der Waals surface area contributed by atoms with Crippen LogP contribution in [0.25, 0.3) is 0 Å². The highest BCUT2D eigenvalue weighted by molar-refractivity contribution is 5.22. The van der Waals surface area contributed by atoms with Gasteiger partial charge in [-0.25, -0.2) is 8.78 Å². The standard InChI is InChI=1S/C13H16F2O/c1-8-5-9(2)13(16-7-8)11-6-10(14)3-4-12(11)15/h3-4,6,8-9,13H,5,7H2,1-2H3/t8?,9-,13-/m0/s1. The minimum atomic E-state index is -0.411. The molecule has 1 heterocycles. The summed E-state index contributed by atoms with van der Waals surface area (Å²) in [5, 5.41) is 0. The van der Waals surface area contributed by atoms with E-state index in [2.05, 4.69) is 6.92 Å². The van der Waals surface area contributed by atoms with E-state index in [-0.39, 0.29) is 17.8 Å². The maximum Gasteiger partial charge on any atom is 0.129 e. The molecule has 2 rings (SSSR count). The molecule has 1 aromatic rings. The van der Waals surface area contributed by atoms with Gasteiger partial charge in [-0.15, -0.1) is 0 Å². The van der Waals surface area contributed by atoms with E-state index >= 15 is 0 Å². The van der Waals surface area contributed by atoms with Gasteiger partial charge < -0.3 is 4.74 Å². The predicted octanol–water partition coefficient (Wildman–Crippen LogP) is 3.70. The third-order valence-electron chi connectivity index (χ3n) is 3.12. The van der Waals surface area contributed by atoms with Crippen LogP contribution in [0.1, 0.15) is 31.9 Å². The van der Waals surface area contributed by atoms with Crippen molar-refractivity contribution in [1.82, 2.24) is 0 Å². The maximum absolute atomic E-state index is 13.6. The monoisotopic (exact) mass is 226 g/mol. The van der Waals surface area contributed by atoms with E-state index < -0.39 is 5.82 Å². The first-order chi connectivity index (χ1) is 7.58. The Kier molecular flexibility index (Phi) is 3.24. The second-order valence-corrected chi connectivity index (χ2v) is 4.74. The summed E-state index contributed by atoms with van der Waals surface area (Å²) in [6.07, 6.45) is 0.674. The molecule has 0 amide bonds. The average Bonchev–Trinajstić information content (AvgIpc) is 2.22. The van der Waals surface area contributed by atoms with Gasteiger partial charge in [-0.05, 0) is 36.5 Å². The molecule has 88 valence electrons. The molecule has 0 radical (unpaired) electrons. The fourth-order valence-electron chi connectivity index (χ4n) is 2.39. The van der Waals surface area contributed by atoms with Crippen LogP contribution in [-0.2, 0) is 4.74 Å². The first-order valence-corrected chi connectivity index (χ1v) is 5.64. The van der Waals surface area contributed by atoms with Crippen molar-refractivity contribution < 1.29 is 13.5 Å². The molecule has 1 aliphatic heterocycles. The zero-order chi connectivity index (χ0) is 11.7. The van der Waals surface area contributed by atoms with E-state index in [1.807, 2.05) is 6.92 Å². The molecule has 3 atom stereocenters. The van der Waals surface area contributed by atoms with Crippen LogP contribution in [0, 0.1) is 23.5 Å². The molecule has 0 spiro atoms. The predicted molar refractivity (Wildman–Crippen MR) is 58.0 cm³/mol. The van der Waals surface area contributed by atoms with Crippen molar-refractivity contribution >= 4 is 0 Å². The van der Waals surface area contributed by atoms with Crippen LogP contribution < -0.4 is 0 Å². The Hall–Kier alpha value is -0.960. The van der Waals surface area contributed by atoms with Crippen LogP contribution in [0.5, 0.6) is 0 Å². The lowest BCUT2D eigenvalue weighted by atomic mass is 9.86. The average molecular weight is 226 g/mol. The van der Waals surface area contributed by atoms with E-state index in [1.54, 1.807) is 0 Å². The Morgan fingerprint density at radius 3 is 2.69 bits per heavy atom. The van der Waals surface area contributed by atoms with Gasteiger partial charge in [-0.1, -0.05) is 13.8 Å². The van der Waals surface area contributed by atoms with E-state index in [1.165, 1.54) is 12.1 Å². The van der Waals surface area contributed by atoms with E-state index in [0.717, 1.165) is 12.5 Å². The second kappa shape index (κ2) is 4.50. The highest BCUT2D eigenvalue weighted by Gasteiger charge is 2.29. The van der Waals surface area contributed by atoms with Gasteiger partial charge in [0, 0.05) is 12.2 Å². The third-order valence-corrected chi connectivity index (χ3v) is 3.12. The Balaban J connectivity index is 2.26. The second-order valence-electron chi connectivity index (χ2n) is 4.74. The molecule has 1 saturated heterocycles. The molecule has 1 nitrogen and oxygen atoms in total. The number of halogens is 2. The normalized spacial score (nSPS) is 30.4. The Bertz CT molecular complexity index is 378. The van der Waals surface area contributed by atoms with Crippen LogP contribution in [-0.4, -0.2) is 6.61 Å². The number of benzene rings is 1. The Morgan fingerprint density at radius 1 is 1.25 bits per heavy atom. The highest BCUT2D eigenvalue weighted by atomic mass is 19.1. The lowest BCUT2D eigenvalue weighted by molar-refractivity contribution is -0.0500. The molecule has 0 aromatic heterocycles. The summed E-state index contributed by atoms with van der Waals surface area (Å²) in [7, 11) is 0. The molecule has 1 aliphatic rings. The summed E-state index contributed by atoms with van der Waals surface area (Å²) in [5.41, 5.74) is 0.347. The third kappa shape index (κ3) is 2.24. The van der Waals surface area contributed by atoms with Crippen LogP contribution >= 0.6 is 0 Å². The Labute approximate surface area is 94.4 Å². The number of rotatable bonds is 1. The number of ether oxygens (including phenoxy) is 1. The van der Waals surface area contributed by atoms with Crippen LogP contribution in [0.15, 0.2) is 18.2 Å². The minimum absolute atomic E-state index is 0.222. The van der Waals surface area contributed by atoms with Crippen molar-refractivity contribution in [3.05, 3.63) is 35.4 Å².